The van der Waals surface area contributed by atoms with Gasteiger partial charge in [-0.05, 0) is 37.1 Å². The lowest BCUT2D eigenvalue weighted by atomic mass is 10.2. The highest BCUT2D eigenvalue weighted by molar-refractivity contribution is 5.47. The first-order valence-electron chi connectivity index (χ1n) is 11.5. The minimum atomic E-state index is 0.715. The van der Waals surface area contributed by atoms with Gasteiger partial charge in [-0.25, -0.2) is 0 Å². The molecule has 0 bridgehead atoms. The summed E-state index contributed by atoms with van der Waals surface area (Å²) in [4.78, 5) is 0. The van der Waals surface area contributed by atoms with Crippen molar-refractivity contribution in [3.63, 3.8) is 0 Å². The van der Waals surface area contributed by atoms with Gasteiger partial charge in [0, 0.05) is 6.07 Å². The minimum Gasteiger partial charge on any atom is -0.493 e. The Labute approximate surface area is 177 Å². The van der Waals surface area contributed by atoms with Crippen molar-refractivity contribution < 1.29 is 14.2 Å². The van der Waals surface area contributed by atoms with E-state index in [0.717, 1.165) is 36.7 Å². The molecular formula is C26H38O3. The molecule has 2 aromatic carbocycles. The summed E-state index contributed by atoms with van der Waals surface area (Å²) in [6.07, 6.45) is 12.3. The second kappa shape index (κ2) is 14.8. The maximum Gasteiger partial charge on any atom is 0.172 e. The number of ether oxygens (including phenoxy) is 3. The molecule has 0 radical (unpaired) electrons. The van der Waals surface area contributed by atoms with Gasteiger partial charge in [-0.1, -0.05) is 83.4 Å². The molecule has 0 aromatic heterocycles. The normalized spacial score (nSPS) is 10.7. The molecule has 0 heterocycles. The lowest BCUT2D eigenvalue weighted by Crippen LogP contribution is -2.01. The topological polar surface area (TPSA) is 27.7 Å². The molecule has 0 fully saturated rings. The van der Waals surface area contributed by atoms with Crippen molar-refractivity contribution in [2.24, 2.45) is 0 Å². The van der Waals surface area contributed by atoms with Gasteiger partial charge in [-0.15, -0.1) is 0 Å². The molecule has 3 heteroatoms. The number of hydrogen-bond acceptors (Lipinski definition) is 3. The van der Waals surface area contributed by atoms with Crippen LogP contribution in [0.5, 0.6) is 23.0 Å². The second-order valence-electron chi connectivity index (χ2n) is 7.55. The molecule has 0 atom stereocenters. The third-order valence-corrected chi connectivity index (χ3v) is 4.91. The average Bonchev–Trinajstić information content (AvgIpc) is 2.75. The molecule has 0 saturated carbocycles. The zero-order chi connectivity index (χ0) is 20.6. The molecule has 0 unspecified atom stereocenters. The average molecular weight is 399 g/mol. The SMILES string of the molecule is CCCCCCCOc1ccc(OCCCCCCC)c(Oc2ccccc2)c1. The van der Waals surface area contributed by atoms with Crippen LogP contribution in [0.25, 0.3) is 0 Å². The molecule has 0 aliphatic heterocycles. The van der Waals surface area contributed by atoms with E-state index in [-0.39, 0.29) is 0 Å². The van der Waals surface area contributed by atoms with Crippen LogP contribution < -0.4 is 14.2 Å². The van der Waals surface area contributed by atoms with Crippen LogP contribution in [0.3, 0.4) is 0 Å². The first-order valence-corrected chi connectivity index (χ1v) is 11.5. The number of benzene rings is 2. The van der Waals surface area contributed by atoms with Gasteiger partial charge in [0.2, 0.25) is 0 Å². The van der Waals surface area contributed by atoms with Crippen LogP contribution in [0.1, 0.15) is 78.1 Å². The Balaban J connectivity index is 1.91. The molecule has 160 valence electrons. The van der Waals surface area contributed by atoms with Gasteiger partial charge in [0.1, 0.15) is 11.5 Å². The number of hydrogen-bond donors (Lipinski definition) is 0. The largest absolute Gasteiger partial charge is 0.493 e. The van der Waals surface area contributed by atoms with Crippen molar-refractivity contribution in [2.45, 2.75) is 78.1 Å². The van der Waals surface area contributed by atoms with Gasteiger partial charge in [0.25, 0.3) is 0 Å². The highest BCUT2D eigenvalue weighted by atomic mass is 16.5. The molecule has 0 saturated heterocycles. The molecule has 3 nitrogen and oxygen atoms in total. The minimum absolute atomic E-state index is 0.715. The quantitative estimate of drug-likeness (QED) is 0.267. The van der Waals surface area contributed by atoms with Crippen molar-refractivity contribution in [1.82, 2.24) is 0 Å². The summed E-state index contributed by atoms with van der Waals surface area (Å²) >= 11 is 0. The second-order valence-corrected chi connectivity index (χ2v) is 7.55. The van der Waals surface area contributed by atoms with E-state index in [2.05, 4.69) is 13.8 Å². The standard InChI is InChI=1S/C26H38O3/c1-3-5-7-9-14-20-27-24-18-19-25(28-21-15-10-8-6-4-2)26(22-24)29-23-16-12-11-13-17-23/h11-13,16-19,22H,3-10,14-15,20-21H2,1-2H3. The van der Waals surface area contributed by atoms with E-state index >= 15 is 0 Å². The Morgan fingerprint density at radius 2 is 1.17 bits per heavy atom. The highest BCUT2D eigenvalue weighted by Gasteiger charge is 2.09. The van der Waals surface area contributed by atoms with E-state index in [1.165, 1.54) is 51.4 Å². The van der Waals surface area contributed by atoms with Gasteiger partial charge in [0.05, 0.1) is 13.2 Å². The monoisotopic (exact) mass is 398 g/mol. The molecule has 0 N–H and O–H groups in total. The third kappa shape index (κ3) is 9.74. The summed E-state index contributed by atoms with van der Waals surface area (Å²) < 4.78 is 18.1. The molecular weight excluding hydrogens is 360 g/mol. The maximum atomic E-state index is 6.10. The lowest BCUT2D eigenvalue weighted by molar-refractivity contribution is 0.284. The van der Waals surface area contributed by atoms with Crippen LogP contribution in [0.4, 0.5) is 0 Å². The van der Waals surface area contributed by atoms with Gasteiger partial charge >= 0.3 is 0 Å². The Hall–Kier alpha value is -2.16. The lowest BCUT2D eigenvalue weighted by Gasteiger charge is -2.15. The van der Waals surface area contributed by atoms with Crippen molar-refractivity contribution in [3.05, 3.63) is 48.5 Å². The van der Waals surface area contributed by atoms with Crippen molar-refractivity contribution in [2.75, 3.05) is 13.2 Å². The van der Waals surface area contributed by atoms with Crippen LogP contribution in [0.15, 0.2) is 48.5 Å². The van der Waals surface area contributed by atoms with E-state index in [1.807, 2.05) is 48.5 Å². The molecule has 0 amide bonds. The predicted octanol–water partition coefficient (Wildman–Crippen LogP) is 8.18. The number of unbranched alkanes of at least 4 members (excludes halogenated alkanes) is 8. The molecule has 2 aromatic rings. The summed E-state index contributed by atoms with van der Waals surface area (Å²) in [5.74, 6) is 3.13. The Bertz CT molecular complexity index is 654. The van der Waals surface area contributed by atoms with Crippen molar-refractivity contribution in [3.8, 4) is 23.0 Å². The fourth-order valence-electron chi connectivity index (χ4n) is 3.18. The fraction of sp³-hybridized carbons (Fsp3) is 0.538. The van der Waals surface area contributed by atoms with Gasteiger partial charge in [-0.3, -0.25) is 0 Å². The Morgan fingerprint density at radius 3 is 1.83 bits per heavy atom. The molecule has 0 aliphatic rings. The van der Waals surface area contributed by atoms with E-state index < -0.39 is 0 Å². The third-order valence-electron chi connectivity index (χ3n) is 4.91. The van der Waals surface area contributed by atoms with Crippen molar-refractivity contribution in [1.29, 1.82) is 0 Å². The van der Waals surface area contributed by atoms with Gasteiger partial charge in [-0.2, -0.15) is 0 Å². The first-order chi connectivity index (χ1) is 14.3. The van der Waals surface area contributed by atoms with Crippen LogP contribution in [-0.2, 0) is 0 Å². The smallest absolute Gasteiger partial charge is 0.172 e. The van der Waals surface area contributed by atoms with E-state index in [0.29, 0.717) is 12.4 Å². The zero-order valence-corrected chi connectivity index (χ0v) is 18.3. The predicted molar refractivity (Wildman–Crippen MR) is 121 cm³/mol. The van der Waals surface area contributed by atoms with E-state index in [9.17, 15) is 0 Å². The summed E-state index contributed by atoms with van der Waals surface area (Å²) in [6.45, 7) is 5.93. The fourth-order valence-corrected chi connectivity index (χ4v) is 3.18. The molecule has 0 spiro atoms. The summed E-state index contributed by atoms with van der Waals surface area (Å²) in [5, 5.41) is 0. The van der Waals surface area contributed by atoms with Crippen molar-refractivity contribution >= 4 is 0 Å². The van der Waals surface area contributed by atoms with Crippen LogP contribution in [0.2, 0.25) is 0 Å². The first kappa shape index (κ1) is 23.1. The molecule has 2 rings (SSSR count). The van der Waals surface area contributed by atoms with Crippen LogP contribution >= 0.6 is 0 Å². The maximum absolute atomic E-state index is 6.10. The highest BCUT2D eigenvalue weighted by Crippen LogP contribution is 2.35. The zero-order valence-electron chi connectivity index (χ0n) is 18.3. The van der Waals surface area contributed by atoms with E-state index in [1.54, 1.807) is 0 Å². The summed E-state index contributed by atoms with van der Waals surface area (Å²) in [7, 11) is 0. The van der Waals surface area contributed by atoms with E-state index in [4.69, 9.17) is 14.2 Å². The number of rotatable bonds is 16. The summed E-state index contributed by atoms with van der Waals surface area (Å²) in [5.41, 5.74) is 0. The molecule has 29 heavy (non-hydrogen) atoms. The molecule has 0 aliphatic carbocycles. The number of para-hydroxylation sites is 1. The van der Waals surface area contributed by atoms with Crippen LogP contribution in [-0.4, -0.2) is 13.2 Å². The Morgan fingerprint density at radius 1 is 0.552 bits per heavy atom. The van der Waals surface area contributed by atoms with Gasteiger partial charge in [0.15, 0.2) is 11.5 Å². The Kier molecular flexibility index (Phi) is 11.8. The van der Waals surface area contributed by atoms with Gasteiger partial charge < -0.3 is 14.2 Å². The van der Waals surface area contributed by atoms with Crippen LogP contribution in [0, 0.1) is 0 Å². The summed E-state index contributed by atoms with van der Waals surface area (Å²) in [6, 6.07) is 15.7.